The molecule has 27 heavy (non-hydrogen) atoms. The maximum Gasteiger partial charge on any atom is 0.124 e. The van der Waals surface area contributed by atoms with Gasteiger partial charge in [0, 0.05) is 25.1 Å². The highest BCUT2D eigenvalue weighted by Gasteiger charge is 2.37. The number of fused-ring (bicyclic) bond motifs is 1. The van der Waals surface area contributed by atoms with Gasteiger partial charge in [-0.3, -0.25) is 4.90 Å². The first-order valence-electron chi connectivity index (χ1n) is 9.61. The van der Waals surface area contributed by atoms with Crippen LogP contribution in [0.15, 0.2) is 42.5 Å². The number of ether oxygens (including phenoxy) is 2. The summed E-state index contributed by atoms with van der Waals surface area (Å²) >= 11 is 0. The summed E-state index contributed by atoms with van der Waals surface area (Å²) in [7, 11) is 1.63. The molecule has 0 bridgehead atoms. The van der Waals surface area contributed by atoms with Gasteiger partial charge in [0.05, 0.1) is 19.8 Å². The molecule has 5 heteroatoms. The predicted octanol–water partition coefficient (Wildman–Crippen LogP) is 2.65. The molecule has 2 aliphatic rings. The van der Waals surface area contributed by atoms with Crippen molar-refractivity contribution in [3.63, 3.8) is 0 Å². The molecule has 2 aromatic carbocycles. The van der Waals surface area contributed by atoms with E-state index in [1.165, 1.54) is 0 Å². The van der Waals surface area contributed by atoms with Crippen LogP contribution in [-0.4, -0.2) is 48.5 Å². The van der Waals surface area contributed by atoms with Crippen molar-refractivity contribution in [1.29, 1.82) is 0 Å². The Kier molecular flexibility index (Phi) is 5.08. The van der Waals surface area contributed by atoms with Crippen molar-refractivity contribution in [3.05, 3.63) is 59.2 Å². The summed E-state index contributed by atoms with van der Waals surface area (Å²) < 4.78 is 11.0. The first-order valence-corrected chi connectivity index (χ1v) is 9.61. The van der Waals surface area contributed by atoms with Gasteiger partial charge < -0.3 is 19.7 Å². The summed E-state index contributed by atoms with van der Waals surface area (Å²) in [6, 6.07) is 13.6. The first-order chi connectivity index (χ1) is 13.1. The average Bonchev–Trinajstić information content (AvgIpc) is 3.16. The number of hydrogen-bond donors (Lipinski definition) is 2. The Balaban J connectivity index is 1.48. The van der Waals surface area contributed by atoms with E-state index in [0.29, 0.717) is 31.9 Å². The maximum absolute atomic E-state index is 11.3. The van der Waals surface area contributed by atoms with Crippen molar-refractivity contribution in [2.75, 3.05) is 33.4 Å². The van der Waals surface area contributed by atoms with Crippen LogP contribution in [0.2, 0.25) is 0 Å². The number of benzene rings is 2. The van der Waals surface area contributed by atoms with Gasteiger partial charge in [-0.05, 0) is 48.7 Å². The van der Waals surface area contributed by atoms with Gasteiger partial charge in [-0.2, -0.15) is 0 Å². The van der Waals surface area contributed by atoms with E-state index in [2.05, 4.69) is 4.90 Å². The van der Waals surface area contributed by atoms with Gasteiger partial charge in [-0.1, -0.05) is 24.3 Å². The molecule has 4 rings (SSSR count). The number of rotatable bonds is 5. The van der Waals surface area contributed by atoms with Crippen molar-refractivity contribution in [2.45, 2.75) is 31.0 Å². The van der Waals surface area contributed by atoms with Crippen LogP contribution in [0.5, 0.6) is 11.5 Å². The number of aliphatic hydroxyl groups is 2. The zero-order valence-electron chi connectivity index (χ0n) is 15.7. The number of para-hydroxylation sites is 1. The number of piperidine rings is 1. The minimum absolute atomic E-state index is 0.485. The number of β-amino-alcohol motifs (C(OH)–C–C–N with tert-alkyl or cyclic N) is 2. The largest absolute Gasteiger partial charge is 0.496 e. The molecule has 2 heterocycles. The number of hydrogen-bond acceptors (Lipinski definition) is 5. The maximum atomic E-state index is 11.3. The van der Waals surface area contributed by atoms with E-state index in [-0.39, 0.29) is 0 Å². The quantitative estimate of drug-likeness (QED) is 0.848. The number of aliphatic hydroxyl groups excluding tert-OH is 1. The fraction of sp³-hybridized carbons (Fsp3) is 0.455. The lowest BCUT2D eigenvalue weighted by molar-refractivity contribution is -0.0474. The van der Waals surface area contributed by atoms with Crippen molar-refractivity contribution in [1.82, 2.24) is 4.90 Å². The predicted molar refractivity (Wildman–Crippen MR) is 103 cm³/mol. The number of nitrogens with zero attached hydrogens (tertiary/aromatic N) is 1. The second-order valence-electron chi connectivity index (χ2n) is 7.55. The van der Waals surface area contributed by atoms with Crippen LogP contribution in [-0.2, 0) is 12.0 Å². The van der Waals surface area contributed by atoms with E-state index in [0.717, 1.165) is 41.8 Å². The summed E-state index contributed by atoms with van der Waals surface area (Å²) in [6.45, 7) is 2.56. The Morgan fingerprint density at radius 1 is 1.26 bits per heavy atom. The molecule has 0 aliphatic carbocycles. The second-order valence-corrected chi connectivity index (χ2v) is 7.55. The molecule has 0 unspecified atom stereocenters. The molecule has 0 radical (unpaired) electrons. The Labute approximate surface area is 160 Å². The fourth-order valence-electron chi connectivity index (χ4n) is 4.29. The standard InChI is InChI=1S/C22H27NO4/c1-26-21-6-3-2-5-18(21)22(25)10-4-11-23(15-22)14-19(24)16-7-8-20-17(13-16)9-12-27-20/h2-3,5-8,13,19,24-25H,4,9-12,14-15H2,1H3/t19-,22-/m1/s1. The van der Waals surface area contributed by atoms with Crippen LogP contribution in [0.4, 0.5) is 0 Å². The zero-order valence-corrected chi connectivity index (χ0v) is 15.7. The third kappa shape index (κ3) is 3.68. The van der Waals surface area contributed by atoms with Crippen LogP contribution in [0.25, 0.3) is 0 Å². The van der Waals surface area contributed by atoms with Gasteiger partial charge in [0.15, 0.2) is 0 Å². The van der Waals surface area contributed by atoms with Crippen LogP contribution in [0.3, 0.4) is 0 Å². The Morgan fingerprint density at radius 2 is 2.11 bits per heavy atom. The Hall–Kier alpha value is -2.08. The second kappa shape index (κ2) is 7.50. The lowest BCUT2D eigenvalue weighted by Crippen LogP contribution is -2.47. The molecule has 2 atom stereocenters. The van der Waals surface area contributed by atoms with E-state index < -0.39 is 11.7 Å². The lowest BCUT2D eigenvalue weighted by atomic mass is 9.85. The van der Waals surface area contributed by atoms with E-state index in [1.807, 2.05) is 42.5 Å². The molecule has 5 nitrogen and oxygen atoms in total. The summed E-state index contributed by atoms with van der Waals surface area (Å²) in [4.78, 5) is 2.14. The van der Waals surface area contributed by atoms with E-state index in [4.69, 9.17) is 9.47 Å². The lowest BCUT2D eigenvalue weighted by Gasteiger charge is -2.40. The van der Waals surface area contributed by atoms with Gasteiger partial charge >= 0.3 is 0 Å². The molecule has 2 aliphatic heterocycles. The topological polar surface area (TPSA) is 62.2 Å². The van der Waals surface area contributed by atoms with Gasteiger partial charge in [0.2, 0.25) is 0 Å². The molecule has 0 amide bonds. The third-order valence-corrected chi connectivity index (χ3v) is 5.69. The normalized spacial score (nSPS) is 23.5. The van der Waals surface area contributed by atoms with Gasteiger partial charge in [-0.25, -0.2) is 0 Å². The number of likely N-dealkylation sites (tertiary alicyclic amines) is 1. The molecule has 1 fully saturated rings. The molecule has 0 saturated carbocycles. The minimum Gasteiger partial charge on any atom is -0.496 e. The first kappa shape index (κ1) is 18.3. The van der Waals surface area contributed by atoms with Crippen LogP contribution in [0, 0.1) is 0 Å². The van der Waals surface area contributed by atoms with Crippen LogP contribution in [0.1, 0.15) is 35.6 Å². The highest BCUT2D eigenvalue weighted by atomic mass is 16.5. The van der Waals surface area contributed by atoms with Crippen molar-refractivity contribution < 1.29 is 19.7 Å². The zero-order chi connectivity index (χ0) is 18.9. The minimum atomic E-state index is -0.962. The van der Waals surface area contributed by atoms with E-state index >= 15 is 0 Å². The van der Waals surface area contributed by atoms with Crippen molar-refractivity contribution in [3.8, 4) is 11.5 Å². The molecular weight excluding hydrogens is 342 g/mol. The molecule has 2 aromatic rings. The van der Waals surface area contributed by atoms with Crippen molar-refractivity contribution in [2.24, 2.45) is 0 Å². The SMILES string of the molecule is COc1ccccc1[C@@]1(O)CCCN(C[C@@H](O)c2ccc3c(c2)CCO3)C1. The molecule has 0 spiro atoms. The molecule has 2 N–H and O–H groups in total. The van der Waals surface area contributed by atoms with E-state index in [1.54, 1.807) is 7.11 Å². The summed E-state index contributed by atoms with van der Waals surface area (Å²) in [5.74, 6) is 1.63. The average molecular weight is 369 g/mol. The van der Waals surface area contributed by atoms with Gasteiger partial charge in [0.25, 0.3) is 0 Å². The third-order valence-electron chi connectivity index (χ3n) is 5.69. The Morgan fingerprint density at radius 3 is 2.96 bits per heavy atom. The highest BCUT2D eigenvalue weighted by molar-refractivity contribution is 5.41. The summed E-state index contributed by atoms with van der Waals surface area (Å²) in [5.41, 5.74) is 1.93. The number of methoxy groups -OCH3 is 1. The van der Waals surface area contributed by atoms with E-state index in [9.17, 15) is 10.2 Å². The summed E-state index contributed by atoms with van der Waals surface area (Å²) in [5, 5.41) is 22.1. The smallest absolute Gasteiger partial charge is 0.124 e. The Bertz CT molecular complexity index is 809. The van der Waals surface area contributed by atoms with Crippen molar-refractivity contribution >= 4 is 0 Å². The highest BCUT2D eigenvalue weighted by Crippen LogP contribution is 2.37. The molecule has 144 valence electrons. The molecule has 0 aromatic heterocycles. The molecular formula is C22H27NO4. The van der Waals surface area contributed by atoms with Crippen LogP contribution < -0.4 is 9.47 Å². The van der Waals surface area contributed by atoms with Gasteiger partial charge in [-0.15, -0.1) is 0 Å². The summed E-state index contributed by atoms with van der Waals surface area (Å²) in [6.07, 6.45) is 1.87. The van der Waals surface area contributed by atoms with Gasteiger partial charge in [0.1, 0.15) is 17.1 Å². The van der Waals surface area contributed by atoms with Crippen LogP contribution >= 0.6 is 0 Å². The molecule has 1 saturated heterocycles. The fourth-order valence-corrected chi connectivity index (χ4v) is 4.29. The monoisotopic (exact) mass is 369 g/mol.